The van der Waals surface area contributed by atoms with Gasteiger partial charge in [0.2, 0.25) is 22.7 Å². The van der Waals surface area contributed by atoms with Gasteiger partial charge in [0.05, 0.1) is 53.3 Å². The highest BCUT2D eigenvalue weighted by molar-refractivity contribution is 5.92. The SMILES string of the molecule is CCOc1c(OC)ccc(-c2oc3cc(OC)c(OCC)c(OCC)c3c(=O)c2OC)c1OCC. The monoisotopic (exact) mass is 488 g/mol. The quantitative estimate of drug-likeness (QED) is 0.346. The lowest BCUT2D eigenvalue weighted by atomic mass is 10.1. The predicted molar refractivity (Wildman–Crippen MR) is 132 cm³/mol. The molecule has 0 saturated carbocycles. The van der Waals surface area contributed by atoms with E-state index < -0.39 is 5.43 Å². The van der Waals surface area contributed by atoms with E-state index in [4.69, 9.17) is 37.6 Å². The first-order valence-electron chi connectivity index (χ1n) is 11.5. The Balaban J connectivity index is 2.45. The molecule has 1 aromatic heterocycles. The van der Waals surface area contributed by atoms with Gasteiger partial charge >= 0.3 is 0 Å². The van der Waals surface area contributed by atoms with E-state index in [2.05, 4.69) is 0 Å². The third kappa shape index (κ3) is 4.76. The standard InChI is InChI=1S/C26H32O9/c1-8-31-21-15(12-13-16(28-5)23(21)32-9-2)22-26(30-7)20(27)19-17(35-22)14-18(29-6)24(33-10-3)25(19)34-11-4/h12-14H,8-11H2,1-7H3. The van der Waals surface area contributed by atoms with Gasteiger partial charge < -0.3 is 37.6 Å². The highest BCUT2D eigenvalue weighted by Gasteiger charge is 2.28. The van der Waals surface area contributed by atoms with Gasteiger partial charge in [0.25, 0.3) is 0 Å². The molecule has 35 heavy (non-hydrogen) atoms. The van der Waals surface area contributed by atoms with Crippen LogP contribution >= 0.6 is 0 Å². The summed E-state index contributed by atoms with van der Waals surface area (Å²) in [4.78, 5) is 13.8. The molecule has 0 unspecified atom stereocenters. The number of hydrogen-bond donors (Lipinski definition) is 0. The lowest BCUT2D eigenvalue weighted by Gasteiger charge is -2.20. The summed E-state index contributed by atoms with van der Waals surface area (Å²) < 4.78 is 46.2. The molecular formula is C26H32O9. The maximum atomic E-state index is 13.8. The van der Waals surface area contributed by atoms with Crippen molar-refractivity contribution in [2.24, 2.45) is 0 Å². The molecule has 0 radical (unpaired) electrons. The van der Waals surface area contributed by atoms with E-state index in [-0.39, 0.29) is 28.2 Å². The zero-order chi connectivity index (χ0) is 25.5. The van der Waals surface area contributed by atoms with Crippen molar-refractivity contribution in [2.75, 3.05) is 47.8 Å². The van der Waals surface area contributed by atoms with Crippen molar-refractivity contribution in [3.05, 3.63) is 28.4 Å². The molecule has 0 bridgehead atoms. The van der Waals surface area contributed by atoms with E-state index in [9.17, 15) is 4.79 Å². The number of hydrogen-bond acceptors (Lipinski definition) is 9. The molecule has 0 spiro atoms. The van der Waals surface area contributed by atoms with E-state index in [0.29, 0.717) is 60.7 Å². The molecule has 0 aliphatic heterocycles. The van der Waals surface area contributed by atoms with Gasteiger partial charge in [0, 0.05) is 6.07 Å². The molecule has 0 fully saturated rings. The fourth-order valence-electron chi connectivity index (χ4n) is 3.79. The van der Waals surface area contributed by atoms with Gasteiger partial charge in [-0.25, -0.2) is 0 Å². The molecule has 2 aromatic carbocycles. The Kier molecular flexibility index (Phi) is 8.57. The summed E-state index contributed by atoms with van der Waals surface area (Å²) >= 11 is 0. The van der Waals surface area contributed by atoms with Crippen molar-refractivity contribution < 1.29 is 37.6 Å². The second-order valence-electron chi connectivity index (χ2n) is 7.11. The van der Waals surface area contributed by atoms with Crippen molar-refractivity contribution in [1.29, 1.82) is 0 Å². The van der Waals surface area contributed by atoms with Crippen LogP contribution in [0.15, 0.2) is 27.4 Å². The third-order valence-corrected chi connectivity index (χ3v) is 5.14. The second kappa shape index (κ2) is 11.6. The summed E-state index contributed by atoms with van der Waals surface area (Å²) in [5.74, 6) is 2.35. The van der Waals surface area contributed by atoms with Crippen LogP contribution in [0.1, 0.15) is 27.7 Å². The van der Waals surface area contributed by atoms with Crippen molar-refractivity contribution in [2.45, 2.75) is 27.7 Å². The van der Waals surface area contributed by atoms with Gasteiger partial charge in [-0.1, -0.05) is 0 Å². The van der Waals surface area contributed by atoms with Crippen LogP contribution in [0, 0.1) is 0 Å². The van der Waals surface area contributed by atoms with Crippen LogP contribution in [0.25, 0.3) is 22.3 Å². The second-order valence-corrected chi connectivity index (χ2v) is 7.11. The van der Waals surface area contributed by atoms with Crippen molar-refractivity contribution in [3.63, 3.8) is 0 Å². The van der Waals surface area contributed by atoms with Crippen LogP contribution < -0.4 is 38.6 Å². The average molecular weight is 489 g/mol. The molecule has 9 heteroatoms. The van der Waals surface area contributed by atoms with E-state index in [1.807, 2.05) is 27.7 Å². The minimum absolute atomic E-state index is 0.0142. The average Bonchev–Trinajstić information content (AvgIpc) is 2.86. The molecule has 1 heterocycles. The van der Waals surface area contributed by atoms with E-state index >= 15 is 0 Å². The van der Waals surface area contributed by atoms with Crippen LogP contribution in [0.3, 0.4) is 0 Å². The van der Waals surface area contributed by atoms with Crippen molar-refractivity contribution in [3.8, 4) is 51.6 Å². The fraction of sp³-hybridized carbons (Fsp3) is 0.423. The Labute approximate surface area is 204 Å². The Bertz CT molecular complexity index is 1230. The zero-order valence-electron chi connectivity index (χ0n) is 21.2. The topological polar surface area (TPSA) is 94.8 Å². The smallest absolute Gasteiger partial charge is 0.239 e. The highest BCUT2D eigenvalue weighted by Crippen LogP contribution is 2.49. The van der Waals surface area contributed by atoms with Crippen molar-refractivity contribution >= 4 is 11.0 Å². The number of rotatable bonds is 12. The third-order valence-electron chi connectivity index (χ3n) is 5.14. The highest BCUT2D eigenvalue weighted by atomic mass is 16.5. The molecular weight excluding hydrogens is 456 g/mol. The Morgan fingerprint density at radius 1 is 0.657 bits per heavy atom. The van der Waals surface area contributed by atoms with Gasteiger partial charge in [-0.3, -0.25) is 4.79 Å². The summed E-state index contributed by atoms with van der Waals surface area (Å²) in [5, 5.41) is 0.188. The van der Waals surface area contributed by atoms with Gasteiger partial charge in [-0.15, -0.1) is 0 Å². The molecule has 190 valence electrons. The molecule has 9 nitrogen and oxygen atoms in total. The van der Waals surface area contributed by atoms with Crippen LogP contribution in [0.4, 0.5) is 0 Å². The summed E-state index contributed by atoms with van der Waals surface area (Å²) in [6.07, 6.45) is 0. The largest absolute Gasteiger partial charge is 0.493 e. The van der Waals surface area contributed by atoms with Crippen LogP contribution in [0.2, 0.25) is 0 Å². The predicted octanol–water partition coefficient (Wildman–Crippen LogP) is 5.08. The number of benzene rings is 2. The normalized spacial score (nSPS) is 10.7. The molecule has 3 aromatic rings. The maximum absolute atomic E-state index is 13.8. The minimum Gasteiger partial charge on any atom is -0.493 e. The van der Waals surface area contributed by atoms with Gasteiger partial charge in [0.1, 0.15) is 11.0 Å². The van der Waals surface area contributed by atoms with E-state index in [0.717, 1.165) is 0 Å². The number of fused-ring (bicyclic) bond motifs is 1. The first-order chi connectivity index (χ1) is 17.0. The summed E-state index contributed by atoms with van der Waals surface area (Å²) in [6, 6.07) is 5.05. The van der Waals surface area contributed by atoms with Crippen LogP contribution in [-0.4, -0.2) is 47.8 Å². The van der Waals surface area contributed by atoms with Gasteiger partial charge in [0.15, 0.2) is 28.8 Å². The van der Waals surface area contributed by atoms with Crippen LogP contribution in [-0.2, 0) is 0 Å². The van der Waals surface area contributed by atoms with Crippen LogP contribution in [0.5, 0.6) is 40.2 Å². The van der Waals surface area contributed by atoms with Crippen molar-refractivity contribution in [1.82, 2.24) is 0 Å². The molecule has 0 aliphatic carbocycles. The molecule has 0 aliphatic rings. The van der Waals surface area contributed by atoms with Gasteiger partial charge in [-0.05, 0) is 39.8 Å². The molecule has 0 saturated heterocycles. The lowest BCUT2D eigenvalue weighted by Crippen LogP contribution is -2.12. The zero-order valence-corrected chi connectivity index (χ0v) is 21.2. The molecule has 0 amide bonds. The van der Waals surface area contributed by atoms with E-state index in [1.165, 1.54) is 14.2 Å². The first kappa shape index (κ1) is 25.9. The summed E-state index contributed by atoms with van der Waals surface area (Å²) in [6.45, 7) is 8.74. The number of ether oxygens (including phenoxy) is 7. The Morgan fingerprint density at radius 3 is 1.74 bits per heavy atom. The first-order valence-corrected chi connectivity index (χ1v) is 11.5. The van der Waals surface area contributed by atoms with Gasteiger partial charge in [-0.2, -0.15) is 0 Å². The fourth-order valence-corrected chi connectivity index (χ4v) is 3.79. The Hall–Kier alpha value is -3.75. The Morgan fingerprint density at radius 2 is 1.20 bits per heavy atom. The molecule has 0 N–H and O–H groups in total. The number of methoxy groups -OCH3 is 3. The summed E-state index contributed by atoms with van der Waals surface area (Å²) in [7, 11) is 4.46. The minimum atomic E-state index is -0.424. The molecule has 0 atom stereocenters. The summed E-state index contributed by atoms with van der Waals surface area (Å²) in [5.41, 5.74) is 0.288. The molecule has 3 rings (SSSR count). The lowest BCUT2D eigenvalue weighted by molar-refractivity contribution is 0.272. The maximum Gasteiger partial charge on any atom is 0.239 e. The van der Waals surface area contributed by atoms with E-state index in [1.54, 1.807) is 25.3 Å².